The van der Waals surface area contributed by atoms with Gasteiger partial charge >= 0.3 is 5.97 Å². The summed E-state index contributed by atoms with van der Waals surface area (Å²) in [6.45, 7) is 8.20. The van der Waals surface area contributed by atoms with Gasteiger partial charge in [0.1, 0.15) is 5.82 Å². The third kappa shape index (κ3) is 5.13. The Morgan fingerprint density at radius 2 is 1.86 bits per heavy atom. The highest BCUT2D eigenvalue weighted by Gasteiger charge is 2.24. The lowest BCUT2D eigenvalue weighted by molar-refractivity contribution is -0.161. The SMILES string of the molecule is CCN(CC)C(=O)C(C)OC(=O)C(C)Cc1cccc(F)c1. The smallest absolute Gasteiger partial charge is 0.309 e. The number of carbonyl (C=O) groups excluding carboxylic acids is 2. The number of hydrogen-bond acceptors (Lipinski definition) is 3. The quantitative estimate of drug-likeness (QED) is 0.728. The van der Waals surface area contributed by atoms with Crippen molar-refractivity contribution >= 4 is 11.9 Å². The molecule has 2 unspecified atom stereocenters. The Balaban J connectivity index is 2.58. The van der Waals surface area contributed by atoms with E-state index in [9.17, 15) is 14.0 Å². The van der Waals surface area contributed by atoms with Crippen LogP contribution in [-0.2, 0) is 20.7 Å². The van der Waals surface area contributed by atoms with Crippen molar-refractivity contribution in [1.82, 2.24) is 4.90 Å². The van der Waals surface area contributed by atoms with Crippen LogP contribution in [0.3, 0.4) is 0 Å². The number of benzene rings is 1. The molecule has 22 heavy (non-hydrogen) atoms. The summed E-state index contributed by atoms with van der Waals surface area (Å²) in [5, 5.41) is 0. The van der Waals surface area contributed by atoms with E-state index in [1.807, 2.05) is 13.8 Å². The van der Waals surface area contributed by atoms with Gasteiger partial charge in [-0.1, -0.05) is 19.1 Å². The highest BCUT2D eigenvalue weighted by Crippen LogP contribution is 2.13. The zero-order valence-electron chi connectivity index (χ0n) is 13.6. The van der Waals surface area contributed by atoms with E-state index in [1.54, 1.807) is 30.9 Å². The number of hydrogen-bond donors (Lipinski definition) is 0. The van der Waals surface area contributed by atoms with Gasteiger partial charge in [-0.05, 0) is 44.9 Å². The summed E-state index contributed by atoms with van der Waals surface area (Å²) >= 11 is 0. The van der Waals surface area contributed by atoms with Crippen molar-refractivity contribution in [2.24, 2.45) is 5.92 Å². The topological polar surface area (TPSA) is 46.6 Å². The fourth-order valence-corrected chi connectivity index (χ4v) is 2.23. The fourth-order valence-electron chi connectivity index (χ4n) is 2.23. The molecule has 1 aromatic rings. The molecule has 4 nitrogen and oxygen atoms in total. The van der Waals surface area contributed by atoms with Crippen LogP contribution in [0.25, 0.3) is 0 Å². The van der Waals surface area contributed by atoms with E-state index in [0.29, 0.717) is 19.5 Å². The van der Waals surface area contributed by atoms with Gasteiger partial charge in [0.05, 0.1) is 5.92 Å². The van der Waals surface area contributed by atoms with Gasteiger partial charge < -0.3 is 9.64 Å². The first kappa shape index (κ1) is 18.1. The molecule has 0 aliphatic heterocycles. The first-order chi connectivity index (χ1) is 10.4. The molecule has 0 aliphatic rings. The van der Waals surface area contributed by atoms with E-state index >= 15 is 0 Å². The summed E-state index contributed by atoms with van der Waals surface area (Å²) in [6.07, 6.45) is -0.426. The van der Waals surface area contributed by atoms with Crippen LogP contribution in [0.15, 0.2) is 24.3 Å². The highest BCUT2D eigenvalue weighted by molar-refractivity contribution is 5.84. The Kier molecular flexibility index (Phi) is 7.02. The minimum atomic E-state index is -0.803. The molecule has 1 rings (SSSR count). The molecule has 0 aliphatic carbocycles. The highest BCUT2D eigenvalue weighted by atomic mass is 19.1. The number of likely N-dealkylation sites (N-methyl/N-ethyl adjacent to an activating group) is 1. The van der Waals surface area contributed by atoms with Crippen LogP contribution in [0.4, 0.5) is 4.39 Å². The Morgan fingerprint density at radius 3 is 2.41 bits per heavy atom. The molecule has 0 spiro atoms. The van der Waals surface area contributed by atoms with Gasteiger partial charge in [-0.2, -0.15) is 0 Å². The maximum absolute atomic E-state index is 13.1. The molecule has 5 heteroatoms. The van der Waals surface area contributed by atoms with E-state index in [-0.39, 0.29) is 11.7 Å². The predicted octanol–water partition coefficient (Wildman–Crippen LogP) is 2.80. The number of rotatable bonds is 7. The van der Waals surface area contributed by atoms with E-state index in [2.05, 4.69) is 0 Å². The van der Waals surface area contributed by atoms with E-state index in [1.165, 1.54) is 12.1 Å². The maximum Gasteiger partial charge on any atom is 0.309 e. The molecule has 0 fully saturated rings. The van der Waals surface area contributed by atoms with E-state index in [4.69, 9.17) is 4.74 Å². The Labute approximate surface area is 131 Å². The number of ether oxygens (including phenoxy) is 1. The van der Waals surface area contributed by atoms with Crippen molar-refractivity contribution in [3.63, 3.8) is 0 Å². The molecule has 0 saturated heterocycles. The van der Waals surface area contributed by atoms with Gasteiger partial charge in [-0.3, -0.25) is 9.59 Å². The Bertz CT molecular complexity index is 514. The normalized spacial score (nSPS) is 13.3. The Morgan fingerprint density at radius 1 is 1.23 bits per heavy atom. The second-order valence-corrected chi connectivity index (χ2v) is 5.32. The number of esters is 1. The molecule has 0 N–H and O–H groups in total. The molecule has 0 saturated carbocycles. The minimum absolute atomic E-state index is 0.198. The van der Waals surface area contributed by atoms with Crippen LogP contribution in [0.5, 0.6) is 0 Å². The van der Waals surface area contributed by atoms with E-state index < -0.39 is 18.0 Å². The molecule has 0 radical (unpaired) electrons. The van der Waals surface area contributed by atoms with Crippen LogP contribution >= 0.6 is 0 Å². The second kappa shape index (κ2) is 8.51. The zero-order chi connectivity index (χ0) is 16.7. The van der Waals surface area contributed by atoms with Gasteiger partial charge in [0.2, 0.25) is 0 Å². The standard InChI is InChI=1S/C17H24FNO3/c1-5-19(6-2)16(20)13(4)22-17(21)12(3)10-14-8-7-9-15(18)11-14/h7-9,11-13H,5-6,10H2,1-4H3. The predicted molar refractivity (Wildman–Crippen MR) is 82.8 cm³/mol. The molecule has 1 amide bonds. The summed E-state index contributed by atoms with van der Waals surface area (Å²) < 4.78 is 18.4. The maximum atomic E-state index is 13.1. The second-order valence-electron chi connectivity index (χ2n) is 5.32. The van der Waals surface area contributed by atoms with Crippen LogP contribution in [0.2, 0.25) is 0 Å². The van der Waals surface area contributed by atoms with Crippen molar-refractivity contribution in [3.05, 3.63) is 35.6 Å². The molecular weight excluding hydrogens is 285 g/mol. The summed E-state index contributed by atoms with van der Waals surface area (Å²) in [5.41, 5.74) is 0.729. The summed E-state index contributed by atoms with van der Waals surface area (Å²) in [6, 6.07) is 6.12. The molecule has 0 aromatic heterocycles. The summed E-state index contributed by atoms with van der Waals surface area (Å²) in [7, 11) is 0. The third-order valence-corrected chi connectivity index (χ3v) is 3.55. The average Bonchev–Trinajstić information content (AvgIpc) is 2.48. The molecule has 0 heterocycles. The van der Waals surface area contributed by atoms with Gasteiger partial charge in [0, 0.05) is 13.1 Å². The summed E-state index contributed by atoms with van der Waals surface area (Å²) in [4.78, 5) is 25.7. The van der Waals surface area contributed by atoms with E-state index in [0.717, 1.165) is 5.56 Å². The molecule has 122 valence electrons. The lowest BCUT2D eigenvalue weighted by atomic mass is 10.0. The van der Waals surface area contributed by atoms with Gasteiger partial charge in [-0.15, -0.1) is 0 Å². The number of carbonyl (C=O) groups is 2. The third-order valence-electron chi connectivity index (χ3n) is 3.55. The van der Waals surface area contributed by atoms with Crippen molar-refractivity contribution in [1.29, 1.82) is 0 Å². The fraction of sp³-hybridized carbons (Fsp3) is 0.529. The van der Waals surface area contributed by atoms with Crippen molar-refractivity contribution in [2.75, 3.05) is 13.1 Å². The minimum Gasteiger partial charge on any atom is -0.452 e. The van der Waals surface area contributed by atoms with Gasteiger partial charge in [0.15, 0.2) is 6.10 Å². The molecule has 2 atom stereocenters. The monoisotopic (exact) mass is 309 g/mol. The first-order valence-corrected chi connectivity index (χ1v) is 7.62. The van der Waals surface area contributed by atoms with Crippen molar-refractivity contribution < 1.29 is 18.7 Å². The van der Waals surface area contributed by atoms with Crippen LogP contribution in [-0.4, -0.2) is 36.0 Å². The first-order valence-electron chi connectivity index (χ1n) is 7.62. The largest absolute Gasteiger partial charge is 0.452 e. The Hall–Kier alpha value is -1.91. The molecule has 1 aromatic carbocycles. The molecule has 0 bridgehead atoms. The summed E-state index contributed by atoms with van der Waals surface area (Å²) in [5.74, 6) is -1.41. The number of halogens is 1. The van der Waals surface area contributed by atoms with Crippen LogP contribution in [0, 0.1) is 11.7 Å². The average molecular weight is 309 g/mol. The zero-order valence-corrected chi connectivity index (χ0v) is 13.6. The van der Waals surface area contributed by atoms with Gasteiger partial charge in [-0.25, -0.2) is 4.39 Å². The molecular formula is C17H24FNO3. The van der Waals surface area contributed by atoms with Crippen LogP contribution in [0.1, 0.15) is 33.3 Å². The number of amides is 1. The van der Waals surface area contributed by atoms with Crippen molar-refractivity contribution in [2.45, 2.75) is 40.2 Å². The van der Waals surface area contributed by atoms with Crippen LogP contribution < -0.4 is 0 Å². The number of nitrogens with zero attached hydrogens (tertiary/aromatic N) is 1. The lowest BCUT2D eigenvalue weighted by Crippen LogP contribution is -2.40. The lowest BCUT2D eigenvalue weighted by Gasteiger charge is -2.23. The van der Waals surface area contributed by atoms with Gasteiger partial charge in [0.25, 0.3) is 5.91 Å². The van der Waals surface area contributed by atoms with Crippen molar-refractivity contribution in [3.8, 4) is 0 Å².